The number of unbranched alkanes of at least 4 members (excludes halogenated alkanes) is 2. The van der Waals surface area contributed by atoms with Gasteiger partial charge >= 0.3 is 0 Å². The summed E-state index contributed by atoms with van der Waals surface area (Å²) in [6, 6.07) is 14.6. The Balaban J connectivity index is 1.86. The quantitative estimate of drug-likeness (QED) is 0.336. The fourth-order valence-corrected chi connectivity index (χ4v) is 3.73. The van der Waals surface area contributed by atoms with Crippen LogP contribution in [0.1, 0.15) is 62.6 Å². The molecule has 0 heterocycles. The Labute approximate surface area is 189 Å². The van der Waals surface area contributed by atoms with E-state index >= 15 is 0 Å². The minimum Gasteiger partial charge on any atom is -0.493 e. The van der Waals surface area contributed by atoms with Crippen LogP contribution in [0.15, 0.2) is 42.5 Å². The molecule has 0 saturated carbocycles. The molecule has 0 atom stereocenters. The summed E-state index contributed by atoms with van der Waals surface area (Å²) in [6.07, 6.45) is 6.28. The van der Waals surface area contributed by atoms with Crippen LogP contribution in [0.3, 0.4) is 0 Å². The summed E-state index contributed by atoms with van der Waals surface area (Å²) in [7, 11) is 1.70. The second kappa shape index (κ2) is 14.9. The summed E-state index contributed by atoms with van der Waals surface area (Å²) in [5.41, 5.74) is 3.56. The van der Waals surface area contributed by atoms with Gasteiger partial charge in [-0.25, -0.2) is 0 Å². The summed E-state index contributed by atoms with van der Waals surface area (Å²) >= 11 is 0. The molecule has 0 saturated heterocycles. The van der Waals surface area contributed by atoms with Crippen LogP contribution in [0.5, 0.6) is 11.5 Å². The molecule has 0 amide bonds. The van der Waals surface area contributed by atoms with Crippen LogP contribution in [-0.2, 0) is 13.2 Å². The SMILES string of the molecule is CCCCN(CCCC)CCCNCc1cccc(OC)c1OCc1cccc(C)c1. The van der Waals surface area contributed by atoms with Crippen molar-refractivity contribution in [3.05, 3.63) is 59.2 Å². The van der Waals surface area contributed by atoms with Crippen molar-refractivity contribution < 1.29 is 9.47 Å². The van der Waals surface area contributed by atoms with E-state index in [0.29, 0.717) is 6.61 Å². The molecule has 0 unspecified atom stereocenters. The number of aryl methyl sites for hydroxylation is 1. The van der Waals surface area contributed by atoms with Crippen LogP contribution in [-0.4, -0.2) is 38.2 Å². The van der Waals surface area contributed by atoms with Crippen molar-refractivity contribution in [2.45, 2.75) is 66.0 Å². The molecule has 172 valence electrons. The van der Waals surface area contributed by atoms with E-state index in [2.05, 4.69) is 61.3 Å². The highest BCUT2D eigenvalue weighted by Crippen LogP contribution is 2.31. The van der Waals surface area contributed by atoms with Gasteiger partial charge in [-0.3, -0.25) is 0 Å². The largest absolute Gasteiger partial charge is 0.493 e. The standard InChI is InChI=1S/C27H42N2O2/c1-5-7-17-29(18-8-6-2)19-11-16-28-21-25-14-10-15-26(30-4)27(25)31-22-24-13-9-12-23(3)20-24/h9-10,12-15,20,28H,5-8,11,16-19,21-22H2,1-4H3. The van der Waals surface area contributed by atoms with Crippen LogP contribution in [0.4, 0.5) is 0 Å². The van der Waals surface area contributed by atoms with Gasteiger partial charge in [-0.15, -0.1) is 0 Å². The molecule has 0 spiro atoms. The molecule has 4 nitrogen and oxygen atoms in total. The second-order valence-corrected chi connectivity index (χ2v) is 8.31. The highest BCUT2D eigenvalue weighted by Gasteiger charge is 2.11. The van der Waals surface area contributed by atoms with Crippen molar-refractivity contribution in [1.82, 2.24) is 10.2 Å². The van der Waals surface area contributed by atoms with Crippen LogP contribution in [0, 0.1) is 6.92 Å². The molecular weight excluding hydrogens is 384 g/mol. The van der Waals surface area contributed by atoms with Crippen LogP contribution >= 0.6 is 0 Å². The lowest BCUT2D eigenvalue weighted by Crippen LogP contribution is -2.29. The summed E-state index contributed by atoms with van der Waals surface area (Å²) < 4.78 is 11.8. The number of benzene rings is 2. The summed E-state index contributed by atoms with van der Waals surface area (Å²) in [5, 5.41) is 3.61. The predicted octanol–water partition coefficient (Wildman–Crippen LogP) is 5.96. The number of hydrogen-bond donors (Lipinski definition) is 1. The van der Waals surface area contributed by atoms with Crippen molar-refractivity contribution in [3.63, 3.8) is 0 Å². The van der Waals surface area contributed by atoms with E-state index in [1.165, 1.54) is 56.4 Å². The summed E-state index contributed by atoms with van der Waals surface area (Å²) in [6.45, 7) is 12.6. The van der Waals surface area contributed by atoms with Crippen LogP contribution < -0.4 is 14.8 Å². The van der Waals surface area contributed by atoms with E-state index in [0.717, 1.165) is 36.6 Å². The third-order valence-electron chi connectivity index (χ3n) is 5.55. The van der Waals surface area contributed by atoms with Gasteiger partial charge in [0.05, 0.1) is 7.11 Å². The fraction of sp³-hybridized carbons (Fsp3) is 0.556. The Morgan fingerprint density at radius 2 is 1.61 bits per heavy atom. The summed E-state index contributed by atoms with van der Waals surface area (Å²) in [5.74, 6) is 1.63. The molecule has 0 aliphatic carbocycles. The van der Waals surface area contributed by atoms with Gasteiger partial charge in [0.25, 0.3) is 0 Å². The molecule has 1 N–H and O–H groups in total. The zero-order chi connectivity index (χ0) is 22.3. The predicted molar refractivity (Wildman–Crippen MR) is 131 cm³/mol. The number of hydrogen-bond acceptors (Lipinski definition) is 4. The smallest absolute Gasteiger partial charge is 0.166 e. The molecule has 4 heteroatoms. The molecule has 0 aliphatic rings. The first kappa shape index (κ1) is 25.2. The first-order chi connectivity index (χ1) is 15.2. The summed E-state index contributed by atoms with van der Waals surface area (Å²) in [4.78, 5) is 2.62. The van der Waals surface area contributed by atoms with Gasteiger partial charge in [-0.05, 0) is 64.0 Å². The Kier molecular flexibility index (Phi) is 12.1. The van der Waals surface area contributed by atoms with E-state index in [1.807, 2.05) is 12.1 Å². The maximum absolute atomic E-state index is 6.21. The molecule has 31 heavy (non-hydrogen) atoms. The first-order valence-electron chi connectivity index (χ1n) is 11.9. The molecule has 2 aromatic carbocycles. The number of rotatable bonds is 16. The zero-order valence-corrected chi connectivity index (χ0v) is 20.1. The minimum absolute atomic E-state index is 0.541. The Morgan fingerprint density at radius 1 is 0.903 bits per heavy atom. The van der Waals surface area contributed by atoms with Gasteiger partial charge in [0.1, 0.15) is 6.61 Å². The number of nitrogens with zero attached hydrogens (tertiary/aromatic N) is 1. The van der Waals surface area contributed by atoms with E-state index in [1.54, 1.807) is 7.11 Å². The lowest BCUT2D eigenvalue weighted by Gasteiger charge is -2.22. The molecule has 2 rings (SSSR count). The minimum atomic E-state index is 0.541. The van der Waals surface area contributed by atoms with Crippen molar-refractivity contribution in [1.29, 1.82) is 0 Å². The number of nitrogens with one attached hydrogen (secondary N) is 1. The number of methoxy groups -OCH3 is 1. The van der Waals surface area contributed by atoms with Gasteiger partial charge < -0.3 is 19.7 Å². The molecule has 0 radical (unpaired) electrons. The van der Waals surface area contributed by atoms with Gasteiger partial charge in [-0.1, -0.05) is 68.7 Å². The molecule has 0 bridgehead atoms. The molecule has 0 aromatic heterocycles. The number of ether oxygens (including phenoxy) is 2. The normalized spacial score (nSPS) is 11.1. The van der Waals surface area contributed by atoms with Crippen molar-refractivity contribution in [2.24, 2.45) is 0 Å². The Bertz CT molecular complexity index is 740. The van der Waals surface area contributed by atoms with Crippen molar-refractivity contribution in [3.8, 4) is 11.5 Å². The monoisotopic (exact) mass is 426 g/mol. The molecule has 0 fully saturated rings. The Hall–Kier alpha value is -2.04. The van der Waals surface area contributed by atoms with Crippen LogP contribution in [0.2, 0.25) is 0 Å². The average Bonchev–Trinajstić information content (AvgIpc) is 2.79. The first-order valence-corrected chi connectivity index (χ1v) is 11.9. The Morgan fingerprint density at radius 3 is 2.29 bits per heavy atom. The van der Waals surface area contributed by atoms with Gasteiger partial charge in [0, 0.05) is 12.1 Å². The fourth-order valence-electron chi connectivity index (χ4n) is 3.73. The van der Waals surface area contributed by atoms with E-state index in [-0.39, 0.29) is 0 Å². The third kappa shape index (κ3) is 9.32. The maximum atomic E-state index is 6.21. The third-order valence-corrected chi connectivity index (χ3v) is 5.55. The highest BCUT2D eigenvalue weighted by atomic mass is 16.5. The average molecular weight is 427 g/mol. The lowest BCUT2D eigenvalue weighted by molar-refractivity contribution is 0.260. The maximum Gasteiger partial charge on any atom is 0.166 e. The topological polar surface area (TPSA) is 33.7 Å². The zero-order valence-electron chi connectivity index (χ0n) is 20.1. The molecule has 2 aromatic rings. The highest BCUT2D eigenvalue weighted by molar-refractivity contribution is 5.46. The van der Waals surface area contributed by atoms with Crippen LogP contribution in [0.25, 0.3) is 0 Å². The molecule has 0 aliphatic heterocycles. The van der Waals surface area contributed by atoms with Crippen molar-refractivity contribution >= 4 is 0 Å². The number of para-hydroxylation sites is 1. The van der Waals surface area contributed by atoms with E-state index < -0.39 is 0 Å². The van der Waals surface area contributed by atoms with E-state index in [9.17, 15) is 0 Å². The van der Waals surface area contributed by atoms with Crippen molar-refractivity contribution in [2.75, 3.05) is 33.3 Å². The second-order valence-electron chi connectivity index (χ2n) is 8.31. The molecular formula is C27H42N2O2. The lowest BCUT2D eigenvalue weighted by atomic mass is 10.1. The van der Waals surface area contributed by atoms with Gasteiger partial charge in [-0.2, -0.15) is 0 Å². The van der Waals surface area contributed by atoms with E-state index in [4.69, 9.17) is 9.47 Å². The van der Waals surface area contributed by atoms with Gasteiger partial charge in [0.15, 0.2) is 11.5 Å². The van der Waals surface area contributed by atoms with Gasteiger partial charge in [0.2, 0.25) is 0 Å².